The largest absolute Gasteiger partial charge is 0.337 e. The summed E-state index contributed by atoms with van der Waals surface area (Å²) in [6.45, 7) is 0. The standard InChI is InChI=1S/C11H10ClFN4O2S/c1-14-20(18,19)9-5-3-2-4-8(9)16-10-7(13)6-15-11(12)17-10/h2-6,14H,1H3,(H,15,16,17). The first-order valence-electron chi connectivity index (χ1n) is 5.41. The molecule has 1 heterocycles. The molecule has 1 aromatic heterocycles. The molecular weight excluding hydrogens is 307 g/mol. The molecule has 1 aromatic carbocycles. The van der Waals surface area contributed by atoms with Crippen molar-refractivity contribution in [1.29, 1.82) is 0 Å². The number of aromatic nitrogens is 2. The van der Waals surface area contributed by atoms with E-state index in [1.54, 1.807) is 12.1 Å². The molecule has 0 bridgehead atoms. The van der Waals surface area contributed by atoms with E-state index in [1.165, 1.54) is 19.2 Å². The minimum Gasteiger partial charge on any atom is -0.337 e. The van der Waals surface area contributed by atoms with Crippen LogP contribution in [0.3, 0.4) is 0 Å². The van der Waals surface area contributed by atoms with Gasteiger partial charge in [-0.2, -0.15) is 4.98 Å². The van der Waals surface area contributed by atoms with E-state index in [0.29, 0.717) is 0 Å². The Bertz CT molecular complexity index is 739. The fourth-order valence-corrected chi connectivity index (χ4v) is 2.49. The van der Waals surface area contributed by atoms with Crippen LogP contribution < -0.4 is 10.0 Å². The van der Waals surface area contributed by atoms with Crippen LogP contribution >= 0.6 is 11.6 Å². The maximum Gasteiger partial charge on any atom is 0.242 e. The van der Waals surface area contributed by atoms with Gasteiger partial charge < -0.3 is 5.32 Å². The summed E-state index contributed by atoms with van der Waals surface area (Å²) in [5.41, 5.74) is 0.176. The monoisotopic (exact) mass is 316 g/mol. The van der Waals surface area contributed by atoms with Crippen molar-refractivity contribution in [2.24, 2.45) is 0 Å². The third-order valence-electron chi connectivity index (χ3n) is 2.41. The number of rotatable bonds is 4. The van der Waals surface area contributed by atoms with Crippen LogP contribution in [0.2, 0.25) is 5.28 Å². The van der Waals surface area contributed by atoms with Crippen LogP contribution in [0, 0.1) is 5.82 Å². The van der Waals surface area contributed by atoms with E-state index < -0.39 is 15.8 Å². The molecule has 2 N–H and O–H groups in total. The molecule has 0 aliphatic rings. The number of nitrogens with one attached hydrogen (secondary N) is 2. The molecule has 0 saturated heterocycles. The van der Waals surface area contributed by atoms with Gasteiger partial charge in [0.2, 0.25) is 15.3 Å². The second kappa shape index (κ2) is 5.70. The Hall–Kier alpha value is -1.77. The molecular formula is C11H10ClFN4O2S. The fourth-order valence-electron chi connectivity index (χ4n) is 1.48. The highest BCUT2D eigenvalue weighted by atomic mass is 35.5. The van der Waals surface area contributed by atoms with Crippen molar-refractivity contribution in [3.8, 4) is 0 Å². The molecule has 0 aliphatic heterocycles. The van der Waals surface area contributed by atoms with E-state index in [-0.39, 0.29) is 21.7 Å². The van der Waals surface area contributed by atoms with E-state index in [2.05, 4.69) is 20.0 Å². The van der Waals surface area contributed by atoms with Gasteiger partial charge in [-0.15, -0.1) is 0 Å². The molecule has 0 unspecified atom stereocenters. The van der Waals surface area contributed by atoms with Gasteiger partial charge in [-0.1, -0.05) is 12.1 Å². The van der Waals surface area contributed by atoms with Crippen LogP contribution in [0.15, 0.2) is 35.4 Å². The number of sulfonamides is 1. The lowest BCUT2D eigenvalue weighted by atomic mass is 10.3. The maximum absolute atomic E-state index is 13.6. The first-order chi connectivity index (χ1) is 9.44. The smallest absolute Gasteiger partial charge is 0.242 e. The highest BCUT2D eigenvalue weighted by molar-refractivity contribution is 7.89. The summed E-state index contributed by atoms with van der Waals surface area (Å²) in [7, 11) is -2.40. The number of anilines is 2. The summed E-state index contributed by atoms with van der Waals surface area (Å²) in [5, 5.41) is 2.44. The minimum absolute atomic E-state index is 0.0309. The fraction of sp³-hybridized carbons (Fsp3) is 0.0909. The average molecular weight is 317 g/mol. The van der Waals surface area contributed by atoms with Gasteiger partial charge in [-0.25, -0.2) is 22.5 Å². The van der Waals surface area contributed by atoms with Crippen molar-refractivity contribution >= 4 is 33.1 Å². The number of para-hydroxylation sites is 1. The van der Waals surface area contributed by atoms with Crippen molar-refractivity contribution in [2.75, 3.05) is 12.4 Å². The number of benzene rings is 1. The van der Waals surface area contributed by atoms with Crippen LogP contribution in [0.5, 0.6) is 0 Å². The molecule has 0 aliphatic carbocycles. The quantitative estimate of drug-likeness (QED) is 0.842. The Balaban J connectivity index is 2.47. The van der Waals surface area contributed by atoms with Gasteiger partial charge >= 0.3 is 0 Å². The van der Waals surface area contributed by atoms with Crippen molar-refractivity contribution in [2.45, 2.75) is 4.90 Å². The van der Waals surface area contributed by atoms with Gasteiger partial charge in [-0.05, 0) is 30.8 Å². The van der Waals surface area contributed by atoms with E-state index >= 15 is 0 Å². The molecule has 0 spiro atoms. The first kappa shape index (κ1) is 14.6. The predicted molar refractivity (Wildman–Crippen MR) is 73.0 cm³/mol. The summed E-state index contributed by atoms with van der Waals surface area (Å²) >= 11 is 5.58. The number of hydrogen-bond donors (Lipinski definition) is 2. The zero-order valence-corrected chi connectivity index (χ0v) is 11.8. The predicted octanol–water partition coefficient (Wildman–Crippen LogP) is 1.92. The highest BCUT2D eigenvalue weighted by Crippen LogP contribution is 2.25. The van der Waals surface area contributed by atoms with Crippen LogP contribution in [0.1, 0.15) is 0 Å². The first-order valence-corrected chi connectivity index (χ1v) is 7.28. The molecule has 0 radical (unpaired) electrons. The lowest BCUT2D eigenvalue weighted by molar-refractivity contribution is 0.588. The third-order valence-corrected chi connectivity index (χ3v) is 4.07. The number of nitrogens with zero attached hydrogens (tertiary/aromatic N) is 2. The van der Waals surface area contributed by atoms with Crippen LogP contribution in [0.25, 0.3) is 0 Å². The lowest BCUT2D eigenvalue weighted by Crippen LogP contribution is -2.19. The molecule has 20 heavy (non-hydrogen) atoms. The molecule has 6 nitrogen and oxygen atoms in total. The van der Waals surface area contributed by atoms with E-state index in [9.17, 15) is 12.8 Å². The van der Waals surface area contributed by atoms with E-state index in [0.717, 1.165) is 6.20 Å². The summed E-state index contributed by atoms with van der Waals surface area (Å²) < 4.78 is 39.5. The lowest BCUT2D eigenvalue weighted by Gasteiger charge is -2.11. The zero-order chi connectivity index (χ0) is 14.8. The van der Waals surface area contributed by atoms with Crippen LogP contribution in [-0.2, 0) is 10.0 Å². The normalized spacial score (nSPS) is 11.3. The van der Waals surface area contributed by atoms with Gasteiger partial charge in [0.1, 0.15) is 4.90 Å². The molecule has 0 atom stereocenters. The highest BCUT2D eigenvalue weighted by Gasteiger charge is 2.17. The van der Waals surface area contributed by atoms with E-state index in [1.807, 2.05) is 0 Å². The Labute approximate surface area is 120 Å². The second-order valence-electron chi connectivity index (χ2n) is 3.66. The van der Waals surface area contributed by atoms with Gasteiger partial charge in [0.25, 0.3) is 0 Å². The Kier molecular flexibility index (Phi) is 4.17. The van der Waals surface area contributed by atoms with E-state index in [4.69, 9.17) is 11.6 Å². The summed E-state index contributed by atoms with van der Waals surface area (Å²) in [6.07, 6.45) is 0.896. The molecule has 0 saturated carbocycles. The van der Waals surface area contributed by atoms with Crippen LogP contribution in [-0.4, -0.2) is 25.4 Å². The Morgan fingerprint density at radius 1 is 1.30 bits per heavy atom. The average Bonchev–Trinajstić information content (AvgIpc) is 2.43. The van der Waals surface area contributed by atoms with Gasteiger partial charge in [0.05, 0.1) is 11.9 Å². The topological polar surface area (TPSA) is 84.0 Å². The molecule has 0 fully saturated rings. The molecule has 2 aromatic rings. The molecule has 106 valence electrons. The SMILES string of the molecule is CNS(=O)(=O)c1ccccc1Nc1nc(Cl)ncc1F. The van der Waals surface area contributed by atoms with Gasteiger partial charge in [0, 0.05) is 0 Å². The van der Waals surface area contributed by atoms with Crippen molar-refractivity contribution < 1.29 is 12.8 Å². The maximum atomic E-state index is 13.6. The van der Waals surface area contributed by atoms with Crippen LogP contribution in [0.4, 0.5) is 15.9 Å². The zero-order valence-electron chi connectivity index (χ0n) is 10.3. The molecule has 9 heteroatoms. The summed E-state index contributed by atoms with van der Waals surface area (Å²) in [4.78, 5) is 7.12. The van der Waals surface area contributed by atoms with Crippen molar-refractivity contribution in [1.82, 2.24) is 14.7 Å². The molecule has 0 amide bonds. The van der Waals surface area contributed by atoms with Crippen molar-refractivity contribution in [3.63, 3.8) is 0 Å². The number of halogens is 2. The molecule has 2 rings (SSSR count). The van der Waals surface area contributed by atoms with Gasteiger partial charge in [0.15, 0.2) is 11.6 Å². The Morgan fingerprint density at radius 2 is 2.00 bits per heavy atom. The van der Waals surface area contributed by atoms with Crippen molar-refractivity contribution in [3.05, 3.63) is 41.6 Å². The summed E-state index contributed by atoms with van der Waals surface area (Å²) in [5.74, 6) is -0.949. The second-order valence-corrected chi connectivity index (χ2v) is 5.86. The number of hydrogen-bond acceptors (Lipinski definition) is 5. The Morgan fingerprint density at radius 3 is 2.70 bits per heavy atom. The third kappa shape index (κ3) is 3.03. The summed E-state index contributed by atoms with van der Waals surface area (Å²) in [6, 6.07) is 6.03. The van der Waals surface area contributed by atoms with Gasteiger partial charge in [-0.3, -0.25) is 0 Å². The minimum atomic E-state index is -3.68.